The molecule has 0 unspecified atom stereocenters. The van der Waals surface area contributed by atoms with Crippen LogP contribution < -0.4 is 5.32 Å². The van der Waals surface area contributed by atoms with Crippen LogP contribution in [0.4, 0.5) is 4.79 Å². The van der Waals surface area contributed by atoms with Crippen molar-refractivity contribution in [2.45, 2.75) is 13.3 Å². The average Bonchev–Trinajstić information content (AvgIpc) is 3.02. The minimum absolute atomic E-state index is 0.0347. The second-order valence-corrected chi connectivity index (χ2v) is 5.56. The lowest BCUT2D eigenvalue weighted by molar-refractivity contribution is 0.0533. The summed E-state index contributed by atoms with van der Waals surface area (Å²) < 4.78 is 6.94. The summed E-state index contributed by atoms with van der Waals surface area (Å²) in [6.07, 6.45) is 0.698. The van der Waals surface area contributed by atoms with Crippen LogP contribution in [0.5, 0.6) is 0 Å². The Bertz CT molecular complexity index is 603. The number of nitrogens with zero attached hydrogens (tertiary/aromatic N) is 5. The highest BCUT2D eigenvalue weighted by Gasteiger charge is 2.16. The predicted octanol–water partition coefficient (Wildman–Crippen LogP) is 0.0785. The van der Waals surface area contributed by atoms with Crippen LogP contribution in [-0.4, -0.2) is 63.6 Å². The Balaban J connectivity index is 1.50. The molecule has 9 heteroatoms. The third kappa shape index (κ3) is 2.73. The molecule has 2 amide bonds. The lowest BCUT2D eigenvalue weighted by Crippen LogP contribution is -2.46. The number of ether oxygens (including phenoxy) is 1. The van der Waals surface area contributed by atoms with Gasteiger partial charge in [0.2, 0.25) is 4.96 Å². The lowest BCUT2D eigenvalue weighted by Gasteiger charge is -2.26. The molecule has 8 nitrogen and oxygen atoms in total. The van der Waals surface area contributed by atoms with Gasteiger partial charge in [0.1, 0.15) is 5.01 Å². The van der Waals surface area contributed by atoms with E-state index in [1.54, 1.807) is 9.42 Å². The van der Waals surface area contributed by atoms with E-state index in [0.29, 0.717) is 39.3 Å². The molecule has 108 valence electrons. The first-order valence-electron chi connectivity index (χ1n) is 6.52. The highest BCUT2D eigenvalue weighted by molar-refractivity contribution is 7.16. The number of nitrogens with one attached hydrogen (secondary N) is 1. The van der Waals surface area contributed by atoms with E-state index in [0.717, 1.165) is 15.8 Å². The number of aromatic nitrogens is 4. The third-order valence-corrected chi connectivity index (χ3v) is 4.06. The largest absolute Gasteiger partial charge is 0.378 e. The van der Waals surface area contributed by atoms with Crippen LogP contribution in [0, 0.1) is 6.92 Å². The van der Waals surface area contributed by atoms with Crippen molar-refractivity contribution in [2.24, 2.45) is 0 Å². The van der Waals surface area contributed by atoms with Crippen LogP contribution in [0.25, 0.3) is 4.96 Å². The molecule has 0 radical (unpaired) electrons. The van der Waals surface area contributed by atoms with Crippen molar-refractivity contribution in [3.8, 4) is 0 Å². The zero-order valence-electron chi connectivity index (χ0n) is 11.2. The number of aryl methyl sites for hydroxylation is 1. The molecule has 3 rings (SSSR count). The lowest BCUT2D eigenvalue weighted by atomic mass is 10.4. The van der Waals surface area contributed by atoms with Crippen LogP contribution in [0.2, 0.25) is 0 Å². The Morgan fingerprint density at radius 2 is 2.20 bits per heavy atom. The summed E-state index contributed by atoms with van der Waals surface area (Å²) in [5, 5.41) is 16.2. The first kappa shape index (κ1) is 13.3. The van der Waals surface area contributed by atoms with E-state index in [9.17, 15) is 4.79 Å². The normalized spacial score (nSPS) is 15.8. The van der Waals surface area contributed by atoms with Gasteiger partial charge in [-0.2, -0.15) is 9.61 Å². The molecule has 1 aliphatic heterocycles. The fraction of sp³-hybridized carbons (Fsp3) is 0.636. The van der Waals surface area contributed by atoms with Crippen LogP contribution in [0.1, 0.15) is 10.8 Å². The monoisotopic (exact) mass is 296 g/mol. The first-order valence-corrected chi connectivity index (χ1v) is 7.34. The van der Waals surface area contributed by atoms with Crippen molar-refractivity contribution >= 4 is 22.3 Å². The third-order valence-electron chi connectivity index (χ3n) is 3.10. The average molecular weight is 296 g/mol. The van der Waals surface area contributed by atoms with E-state index in [-0.39, 0.29) is 6.03 Å². The maximum Gasteiger partial charge on any atom is 0.317 e. The molecule has 20 heavy (non-hydrogen) atoms. The smallest absolute Gasteiger partial charge is 0.317 e. The molecule has 0 aliphatic carbocycles. The number of morpholine rings is 1. The highest BCUT2D eigenvalue weighted by atomic mass is 32.1. The molecule has 2 aromatic heterocycles. The van der Waals surface area contributed by atoms with Crippen molar-refractivity contribution < 1.29 is 9.53 Å². The Hall–Kier alpha value is -1.74. The van der Waals surface area contributed by atoms with E-state index in [4.69, 9.17) is 4.74 Å². The Labute approximate surface area is 119 Å². The van der Waals surface area contributed by atoms with Gasteiger partial charge in [-0.05, 0) is 6.92 Å². The second kappa shape index (κ2) is 5.71. The summed E-state index contributed by atoms with van der Waals surface area (Å²) in [7, 11) is 0. The topological polar surface area (TPSA) is 84.7 Å². The van der Waals surface area contributed by atoms with Gasteiger partial charge in [0.25, 0.3) is 0 Å². The van der Waals surface area contributed by atoms with Gasteiger partial charge in [-0.15, -0.1) is 10.2 Å². The van der Waals surface area contributed by atoms with Crippen LogP contribution >= 0.6 is 11.3 Å². The zero-order chi connectivity index (χ0) is 13.9. The van der Waals surface area contributed by atoms with E-state index < -0.39 is 0 Å². The minimum atomic E-state index is -0.0347. The van der Waals surface area contributed by atoms with Gasteiger partial charge in [0.05, 0.1) is 13.2 Å². The quantitative estimate of drug-likeness (QED) is 0.867. The Morgan fingerprint density at radius 1 is 1.40 bits per heavy atom. The van der Waals surface area contributed by atoms with Crippen molar-refractivity contribution in [1.82, 2.24) is 30.0 Å². The number of urea groups is 1. The van der Waals surface area contributed by atoms with Crippen molar-refractivity contribution in [1.29, 1.82) is 0 Å². The molecule has 0 bridgehead atoms. The SMILES string of the molecule is Cc1nnc2sc(CCNC(=O)N3CCOCC3)nn12. The molecule has 1 aliphatic rings. The number of rotatable bonds is 3. The van der Waals surface area contributed by atoms with Gasteiger partial charge in [0.15, 0.2) is 5.82 Å². The maximum atomic E-state index is 11.9. The number of carbonyl (C=O) groups is 1. The second-order valence-electron chi connectivity index (χ2n) is 4.52. The highest BCUT2D eigenvalue weighted by Crippen LogP contribution is 2.13. The van der Waals surface area contributed by atoms with E-state index >= 15 is 0 Å². The van der Waals surface area contributed by atoms with E-state index in [1.165, 1.54) is 11.3 Å². The fourth-order valence-corrected chi connectivity index (χ4v) is 2.89. The number of fused-ring (bicyclic) bond motifs is 1. The van der Waals surface area contributed by atoms with Gasteiger partial charge in [-0.25, -0.2) is 4.79 Å². The van der Waals surface area contributed by atoms with Crippen molar-refractivity contribution in [3.05, 3.63) is 10.8 Å². The molecule has 2 aromatic rings. The van der Waals surface area contributed by atoms with Crippen LogP contribution in [0.3, 0.4) is 0 Å². The molecule has 1 fully saturated rings. The Kier molecular flexibility index (Phi) is 3.79. The van der Waals surface area contributed by atoms with E-state index in [1.807, 2.05) is 6.92 Å². The molecule has 0 saturated carbocycles. The summed E-state index contributed by atoms with van der Waals surface area (Å²) in [5.41, 5.74) is 0. The summed E-state index contributed by atoms with van der Waals surface area (Å²) in [4.78, 5) is 14.4. The summed E-state index contributed by atoms with van der Waals surface area (Å²) in [6.45, 7) is 4.97. The summed E-state index contributed by atoms with van der Waals surface area (Å²) in [6, 6.07) is -0.0347. The standard InChI is InChI=1S/C11H16N6O2S/c1-8-13-14-11-17(8)15-9(20-11)2-3-12-10(18)16-4-6-19-7-5-16/h2-7H2,1H3,(H,12,18). The van der Waals surface area contributed by atoms with E-state index in [2.05, 4.69) is 20.6 Å². The molecule has 0 spiro atoms. The van der Waals surface area contributed by atoms with Gasteiger partial charge in [-0.3, -0.25) is 0 Å². The molecule has 0 atom stereocenters. The minimum Gasteiger partial charge on any atom is -0.378 e. The molecule has 1 saturated heterocycles. The van der Waals surface area contributed by atoms with Crippen LogP contribution in [0.15, 0.2) is 0 Å². The van der Waals surface area contributed by atoms with Gasteiger partial charge in [-0.1, -0.05) is 11.3 Å². The number of hydrogen-bond acceptors (Lipinski definition) is 6. The number of carbonyl (C=O) groups excluding carboxylic acids is 1. The number of hydrogen-bond donors (Lipinski definition) is 1. The fourth-order valence-electron chi connectivity index (χ4n) is 2.01. The zero-order valence-corrected chi connectivity index (χ0v) is 12.0. The van der Waals surface area contributed by atoms with Gasteiger partial charge in [0, 0.05) is 26.1 Å². The molecular weight excluding hydrogens is 280 g/mol. The van der Waals surface area contributed by atoms with Crippen LogP contribution in [-0.2, 0) is 11.2 Å². The molecule has 0 aromatic carbocycles. The Morgan fingerprint density at radius 3 is 2.95 bits per heavy atom. The van der Waals surface area contributed by atoms with Crippen molar-refractivity contribution in [3.63, 3.8) is 0 Å². The van der Waals surface area contributed by atoms with Gasteiger partial charge >= 0.3 is 6.03 Å². The summed E-state index contributed by atoms with van der Waals surface area (Å²) in [5.74, 6) is 0.778. The predicted molar refractivity (Wildman–Crippen MR) is 72.9 cm³/mol. The number of amides is 2. The molecule has 1 N–H and O–H groups in total. The summed E-state index contributed by atoms with van der Waals surface area (Å²) >= 11 is 1.50. The maximum absolute atomic E-state index is 11.9. The molecular formula is C11H16N6O2S. The molecule has 3 heterocycles. The van der Waals surface area contributed by atoms with Crippen molar-refractivity contribution in [2.75, 3.05) is 32.8 Å². The first-order chi connectivity index (χ1) is 9.74. The van der Waals surface area contributed by atoms with Gasteiger partial charge < -0.3 is 15.0 Å².